The number of imidazole rings is 1. The fourth-order valence-electron chi connectivity index (χ4n) is 3.98. The number of thiophene rings is 1. The van der Waals surface area contributed by atoms with Crippen molar-refractivity contribution in [3.05, 3.63) is 66.2 Å². The summed E-state index contributed by atoms with van der Waals surface area (Å²) in [5, 5.41) is 12.5. The van der Waals surface area contributed by atoms with Gasteiger partial charge in [0.25, 0.3) is 0 Å². The molecule has 172 valence electrons. The molecule has 0 unspecified atom stereocenters. The molecule has 8 nitrogen and oxygen atoms in total. The maximum absolute atomic E-state index is 15.1. The molecule has 10 heteroatoms. The average Bonchev–Trinajstić information content (AvgIpc) is 3.63. The van der Waals surface area contributed by atoms with Crippen molar-refractivity contribution >= 4 is 44.9 Å². The van der Waals surface area contributed by atoms with E-state index in [-0.39, 0.29) is 11.4 Å². The third-order valence-corrected chi connectivity index (χ3v) is 6.56. The summed E-state index contributed by atoms with van der Waals surface area (Å²) in [7, 11) is 0. The predicted octanol–water partition coefficient (Wildman–Crippen LogP) is 5.78. The molecule has 6 rings (SSSR count). The number of hydrogen-bond acceptors (Lipinski definition) is 6. The Hall–Kier alpha value is -4.44. The number of aromatic nitrogens is 6. The number of nitrogens with one attached hydrogen (secondary N) is 3. The van der Waals surface area contributed by atoms with E-state index in [9.17, 15) is 4.79 Å². The van der Waals surface area contributed by atoms with Crippen molar-refractivity contribution in [3.8, 4) is 33.2 Å². The first kappa shape index (κ1) is 21.1. The highest BCUT2D eigenvalue weighted by Crippen LogP contribution is 2.34. The van der Waals surface area contributed by atoms with Crippen LogP contribution in [0.3, 0.4) is 0 Å². The summed E-state index contributed by atoms with van der Waals surface area (Å²) in [5.74, 6) is -0.0593. The number of carbonyl (C=O) groups excluding carboxylic acids is 1. The molecule has 0 saturated carbocycles. The van der Waals surface area contributed by atoms with E-state index in [0.29, 0.717) is 40.1 Å². The lowest BCUT2D eigenvalue weighted by molar-refractivity contribution is -0.115. The topological polar surface area (TPSA) is 112 Å². The number of aromatic amines is 2. The van der Waals surface area contributed by atoms with Gasteiger partial charge in [0.15, 0.2) is 5.82 Å². The van der Waals surface area contributed by atoms with E-state index in [0.717, 1.165) is 21.6 Å². The van der Waals surface area contributed by atoms with Gasteiger partial charge in [-0.2, -0.15) is 5.10 Å². The molecule has 3 N–H and O–H groups in total. The van der Waals surface area contributed by atoms with Gasteiger partial charge in [-0.3, -0.25) is 19.9 Å². The van der Waals surface area contributed by atoms with Crippen molar-refractivity contribution in [2.45, 2.75) is 13.3 Å². The largest absolute Gasteiger partial charge is 0.336 e. The molecule has 35 heavy (non-hydrogen) atoms. The monoisotopic (exact) mass is 483 g/mol. The summed E-state index contributed by atoms with van der Waals surface area (Å²) in [6.07, 6.45) is 5.27. The maximum Gasteiger partial charge on any atom is 0.224 e. The normalized spacial score (nSPS) is 11.4. The van der Waals surface area contributed by atoms with Crippen LogP contribution >= 0.6 is 11.3 Å². The van der Waals surface area contributed by atoms with Gasteiger partial charge in [-0.15, -0.1) is 11.3 Å². The molecular formula is C25H18FN7OS. The van der Waals surface area contributed by atoms with Crippen molar-refractivity contribution in [1.82, 2.24) is 30.1 Å². The molecular weight excluding hydrogens is 465 g/mol. The van der Waals surface area contributed by atoms with E-state index in [4.69, 9.17) is 4.98 Å². The lowest BCUT2D eigenvalue weighted by atomic mass is 10.0. The Morgan fingerprint density at radius 2 is 2.06 bits per heavy atom. The molecule has 0 radical (unpaired) electrons. The van der Waals surface area contributed by atoms with Crippen LogP contribution in [0.15, 0.2) is 60.4 Å². The fraction of sp³-hybridized carbons (Fsp3) is 0.0800. The van der Waals surface area contributed by atoms with Crippen molar-refractivity contribution in [3.63, 3.8) is 0 Å². The van der Waals surface area contributed by atoms with Gasteiger partial charge >= 0.3 is 0 Å². The molecule has 1 amide bonds. The number of nitrogens with zero attached hydrogens (tertiary/aromatic N) is 4. The van der Waals surface area contributed by atoms with Gasteiger partial charge in [0.2, 0.25) is 5.91 Å². The first-order valence-corrected chi connectivity index (χ1v) is 11.8. The number of rotatable bonds is 5. The van der Waals surface area contributed by atoms with Gasteiger partial charge in [0, 0.05) is 29.8 Å². The number of halogens is 1. The minimum absolute atomic E-state index is 0.121. The molecule has 1 aromatic carbocycles. The van der Waals surface area contributed by atoms with Gasteiger partial charge in [-0.25, -0.2) is 9.37 Å². The van der Waals surface area contributed by atoms with E-state index in [1.54, 1.807) is 42.9 Å². The number of pyridine rings is 2. The van der Waals surface area contributed by atoms with Crippen molar-refractivity contribution < 1.29 is 9.18 Å². The highest BCUT2D eigenvalue weighted by molar-refractivity contribution is 7.13. The van der Waals surface area contributed by atoms with Crippen molar-refractivity contribution in [2.24, 2.45) is 0 Å². The van der Waals surface area contributed by atoms with Crippen LogP contribution in [-0.4, -0.2) is 36.0 Å². The predicted molar refractivity (Wildman–Crippen MR) is 134 cm³/mol. The lowest BCUT2D eigenvalue weighted by Crippen LogP contribution is -2.09. The van der Waals surface area contributed by atoms with Crippen LogP contribution in [0.25, 0.3) is 55.2 Å². The van der Waals surface area contributed by atoms with E-state index in [1.165, 1.54) is 6.07 Å². The van der Waals surface area contributed by atoms with Crippen LogP contribution in [0.4, 0.5) is 10.1 Å². The van der Waals surface area contributed by atoms with Crippen LogP contribution in [0, 0.1) is 5.82 Å². The van der Waals surface area contributed by atoms with E-state index < -0.39 is 5.82 Å². The molecule has 0 fully saturated rings. The molecule has 0 saturated heterocycles. The summed E-state index contributed by atoms with van der Waals surface area (Å²) in [6.45, 7) is 1.77. The Morgan fingerprint density at radius 3 is 2.89 bits per heavy atom. The second-order valence-electron chi connectivity index (χ2n) is 7.94. The van der Waals surface area contributed by atoms with Crippen LogP contribution in [-0.2, 0) is 4.79 Å². The third-order valence-electron chi connectivity index (χ3n) is 5.68. The molecule has 0 aliphatic heterocycles. The minimum atomic E-state index is -0.448. The number of hydrogen-bond donors (Lipinski definition) is 3. The molecule has 0 atom stereocenters. The molecule has 6 aromatic rings. The van der Waals surface area contributed by atoms with E-state index >= 15 is 4.39 Å². The number of fused-ring (bicyclic) bond motifs is 2. The summed E-state index contributed by atoms with van der Waals surface area (Å²) in [5.41, 5.74) is 4.92. The van der Waals surface area contributed by atoms with Crippen LogP contribution in [0.5, 0.6) is 0 Å². The molecule has 0 spiro atoms. The van der Waals surface area contributed by atoms with Gasteiger partial charge in [-0.05, 0) is 41.3 Å². The van der Waals surface area contributed by atoms with Gasteiger partial charge < -0.3 is 10.3 Å². The molecule has 0 aliphatic carbocycles. The second kappa shape index (κ2) is 8.41. The minimum Gasteiger partial charge on any atom is -0.336 e. The van der Waals surface area contributed by atoms with E-state index in [2.05, 4.69) is 30.5 Å². The SMILES string of the molecule is CCC(=O)Nc1cncc(-c2cc(F)c3[nH]nc(-c4nc5c(-c6cccs6)nccc5[nH]4)c3c2)c1. The van der Waals surface area contributed by atoms with Crippen molar-refractivity contribution in [1.29, 1.82) is 0 Å². The van der Waals surface area contributed by atoms with Crippen LogP contribution in [0.1, 0.15) is 13.3 Å². The number of amides is 1. The zero-order valence-corrected chi connectivity index (χ0v) is 19.3. The molecule has 0 aliphatic rings. The third kappa shape index (κ3) is 3.73. The second-order valence-corrected chi connectivity index (χ2v) is 8.88. The number of H-pyrrole nitrogens is 2. The lowest BCUT2D eigenvalue weighted by Gasteiger charge is -2.07. The Kier molecular flexibility index (Phi) is 5.07. The number of benzene rings is 1. The number of anilines is 1. The van der Waals surface area contributed by atoms with Crippen LogP contribution < -0.4 is 5.32 Å². The fourth-order valence-corrected chi connectivity index (χ4v) is 4.70. The summed E-state index contributed by atoms with van der Waals surface area (Å²) < 4.78 is 15.1. The average molecular weight is 484 g/mol. The quantitative estimate of drug-likeness (QED) is 0.288. The van der Waals surface area contributed by atoms with Crippen molar-refractivity contribution in [2.75, 3.05) is 5.32 Å². The zero-order chi connectivity index (χ0) is 23.9. The highest BCUT2D eigenvalue weighted by Gasteiger charge is 2.19. The smallest absolute Gasteiger partial charge is 0.224 e. The molecule has 0 bridgehead atoms. The van der Waals surface area contributed by atoms with Gasteiger partial charge in [0.05, 0.1) is 22.3 Å². The zero-order valence-electron chi connectivity index (χ0n) is 18.5. The Morgan fingerprint density at radius 1 is 1.14 bits per heavy atom. The summed E-state index contributed by atoms with van der Waals surface area (Å²) >= 11 is 1.59. The Labute approximate surface area is 202 Å². The maximum atomic E-state index is 15.1. The Balaban J connectivity index is 1.47. The first-order chi connectivity index (χ1) is 17.1. The Bertz CT molecular complexity index is 1700. The van der Waals surface area contributed by atoms with E-state index in [1.807, 2.05) is 29.6 Å². The number of carbonyl (C=O) groups is 1. The standard InChI is InChI=1S/C25H18FN7OS/c1-2-20(34)29-15-8-14(11-27-12-15)13-9-16-21(17(26)10-13)32-33-22(16)25-30-18-5-6-28-24(23(18)31-25)19-4-3-7-35-19/h3-12H,2H2,1H3,(H,29,34)(H,30,31)(H,32,33). The van der Waals surface area contributed by atoms with Gasteiger partial charge in [-0.1, -0.05) is 13.0 Å². The molecule has 5 aromatic heterocycles. The van der Waals surface area contributed by atoms with Crippen LogP contribution in [0.2, 0.25) is 0 Å². The molecule has 5 heterocycles. The summed E-state index contributed by atoms with van der Waals surface area (Å²) in [4.78, 5) is 29.6. The van der Waals surface area contributed by atoms with Gasteiger partial charge in [0.1, 0.15) is 28.2 Å². The highest BCUT2D eigenvalue weighted by atomic mass is 32.1. The summed E-state index contributed by atoms with van der Waals surface area (Å²) in [6, 6.07) is 10.8. The first-order valence-electron chi connectivity index (χ1n) is 10.9.